The fraction of sp³-hybridized carbons (Fsp3) is 0.312. The van der Waals surface area contributed by atoms with Gasteiger partial charge in [-0.3, -0.25) is 4.79 Å². The van der Waals surface area contributed by atoms with Crippen LogP contribution in [0.15, 0.2) is 24.3 Å². The third kappa shape index (κ3) is 4.46. The molecule has 1 aromatic carbocycles. The average molecular weight is 368 g/mol. The van der Waals surface area contributed by atoms with Crippen molar-refractivity contribution in [2.75, 3.05) is 26.0 Å². The smallest absolute Gasteiger partial charge is 0.343 e. The number of carbonyl (C=O) groups excluding carboxylic acids is 2. The monoisotopic (exact) mass is 367 g/mol. The lowest BCUT2D eigenvalue weighted by Gasteiger charge is -2.17. The van der Waals surface area contributed by atoms with Gasteiger partial charge in [0, 0.05) is 25.7 Å². The molecule has 2 aromatic rings. The van der Waals surface area contributed by atoms with E-state index in [2.05, 4.69) is 9.69 Å². The predicted octanol–water partition coefficient (Wildman–Crippen LogP) is 2.96. The van der Waals surface area contributed by atoms with Crippen molar-refractivity contribution >= 4 is 40.0 Å². The minimum atomic E-state index is -0.560. The summed E-state index contributed by atoms with van der Waals surface area (Å²) in [4.78, 5) is 25.8. The third-order valence-electron chi connectivity index (χ3n) is 3.36. The zero-order valence-corrected chi connectivity index (χ0v) is 15.2. The summed E-state index contributed by atoms with van der Waals surface area (Å²) in [5.41, 5.74) is 1.85. The number of rotatable bonds is 6. The second-order valence-electron chi connectivity index (χ2n) is 5.18. The molecule has 6 nitrogen and oxygen atoms in total. The Morgan fingerprint density at radius 3 is 2.83 bits per heavy atom. The quantitative estimate of drug-likeness (QED) is 0.795. The zero-order chi connectivity index (χ0) is 17.7. The lowest BCUT2D eigenvalue weighted by molar-refractivity contribution is -0.133. The fourth-order valence-electron chi connectivity index (χ4n) is 2.09. The highest BCUT2D eigenvalue weighted by molar-refractivity contribution is 7.10. The number of aryl methyl sites for hydroxylation is 1. The molecule has 1 amide bonds. The molecule has 0 radical (unpaired) electrons. The number of ether oxygens (including phenoxy) is 1. The molecule has 0 unspecified atom stereocenters. The van der Waals surface area contributed by atoms with E-state index in [1.807, 2.05) is 12.1 Å². The van der Waals surface area contributed by atoms with Crippen molar-refractivity contribution in [1.82, 2.24) is 9.27 Å². The van der Waals surface area contributed by atoms with Gasteiger partial charge in [-0.05, 0) is 36.2 Å². The van der Waals surface area contributed by atoms with Gasteiger partial charge in [0.05, 0.1) is 5.69 Å². The number of nitrogens with one attached hydrogen (secondary N) is 1. The summed E-state index contributed by atoms with van der Waals surface area (Å²) in [7, 11) is 3.35. The van der Waals surface area contributed by atoms with Crippen molar-refractivity contribution in [3.05, 3.63) is 46.1 Å². The number of anilines is 1. The Morgan fingerprint density at radius 2 is 2.17 bits per heavy atom. The van der Waals surface area contributed by atoms with Crippen LogP contribution in [0.3, 0.4) is 0 Å². The number of hydrogen-bond acceptors (Lipinski definition) is 6. The number of benzene rings is 1. The van der Waals surface area contributed by atoms with Crippen molar-refractivity contribution in [3.63, 3.8) is 0 Å². The number of aromatic nitrogens is 1. The van der Waals surface area contributed by atoms with Gasteiger partial charge in [0.15, 0.2) is 6.61 Å². The maximum absolute atomic E-state index is 12.2. The maximum Gasteiger partial charge on any atom is 0.343 e. The molecule has 0 aliphatic rings. The lowest BCUT2D eigenvalue weighted by atomic mass is 10.2. The highest BCUT2D eigenvalue weighted by Crippen LogP contribution is 2.24. The second kappa shape index (κ2) is 8.12. The molecule has 0 atom stereocenters. The van der Waals surface area contributed by atoms with Crippen LogP contribution in [0.2, 0.25) is 5.02 Å². The van der Waals surface area contributed by atoms with E-state index in [0.29, 0.717) is 27.8 Å². The molecule has 8 heteroatoms. The van der Waals surface area contributed by atoms with Crippen molar-refractivity contribution in [1.29, 1.82) is 0 Å². The molecular weight excluding hydrogens is 350 g/mol. The van der Waals surface area contributed by atoms with E-state index in [1.54, 1.807) is 33.2 Å². The van der Waals surface area contributed by atoms with Crippen LogP contribution in [-0.4, -0.2) is 41.9 Å². The van der Waals surface area contributed by atoms with E-state index in [0.717, 1.165) is 5.56 Å². The van der Waals surface area contributed by atoms with Gasteiger partial charge in [-0.2, -0.15) is 4.37 Å². The molecule has 2 rings (SSSR count). The largest absolute Gasteiger partial charge is 0.452 e. The first-order chi connectivity index (χ1) is 11.4. The summed E-state index contributed by atoms with van der Waals surface area (Å²) in [6, 6.07) is 7.25. The first-order valence-electron chi connectivity index (χ1n) is 7.22. The lowest BCUT2D eigenvalue weighted by Crippen LogP contribution is -2.31. The number of carbonyl (C=O) groups is 2. The molecule has 0 saturated heterocycles. The second-order valence-corrected chi connectivity index (χ2v) is 6.39. The van der Waals surface area contributed by atoms with E-state index >= 15 is 0 Å². The van der Waals surface area contributed by atoms with Gasteiger partial charge in [-0.15, -0.1) is 0 Å². The van der Waals surface area contributed by atoms with Crippen LogP contribution in [0.1, 0.15) is 21.6 Å². The van der Waals surface area contributed by atoms with Crippen molar-refractivity contribution < 1.29 is 14.3 Å². The molecule has 1 heterocycles. The minimum absolute atomic E-state index is 0.296. The number of hydrogen-bond donors (Lipinski definition) is 1. The predicted molar refractivity (Wildman–Crippen MR) is 94.6 cm³/mol. The Kier molecular flexibility index (Phi) is 6.16. The maximum atomic E-state index is 12.2. The van der Waals surface area contributed by atoms with E-state index in [9.17, 15) is 9.59 Å². The van der Waals surface area contributed by atoms with Crippen LogP contribution in [0.5, 0.6) is 0 Å². The summed E-state index contributed by atoms with van der Waals surface area (Å²) in [5, 5.41) is 4.13. The van der Waals surface area contributed by atoms with Gasteiger partial charge in [0.2, 0.25) is 0 Å². The van der Waals surface area contributed by atoms with E-state index in [-0.39, 0.29) is 12.5 Å². The van der Waals surface area contributed by atoms with Crippen molar-refractivity contribution in [3.8, 4) is 0 Å². The zero-order valence-electron chi connectivity index (χ0n) is 13.6. The third-order valence-corrected chi connectivity index (χ3v) is 4.55. The number of halogens is 1. The van der Waals surface area contributed by atoms with E-state index < -0.39 is 5.97 Å². The Labute approximate surface area is 149 Å². The molecule has 128 valence electrons. The summed E-state index contributed by atoms with van der Waals surface area (Å²) < 4.78 is 9.23. The van der Waals surface area contributed by atoms with Crippen LogP contribution < -0.4 is 5.32 Å². The summed E-state index contributed by atoms with van der Waals surface area (Å²) in [5.74, 6) is -0.856. The van der Waals surface area contributed by atoms with Crippen LogP contribution in [0.4, 0.5) is 5.00 Å². The molecule has 0 aliphatic carbocycles. The Bertz CT molecular complexity index is 748. The van der Waals surface area contributed by atoms with Crippen molar-refractivity contribution in [2.45, 2.75) is 13.5 Å². The van der Waals surface area contributed by atoms with Crippen LogP contribution in [0, 0.1) is 6.92 Å². The fourth-order valence-corrected chi connectivity index (χ4v) is 3.03. The van der Waals surface area contributed by atoms with E-state index in [1.165, 1.54) is 16.4 Å². The first-order valence-corrected chi connectivity index (χ1v) is 8.37. The van der Waals surface area contributed by atoms with Crippen LogP contribution in [-0.2, 0) is 16.1 Å². The Morgan fingerprint density at radius 1 is 1.42 bits per heavy atom. The number of likely N-dealkylation sites (N-methyl/N-ethyl adjacent to an activating group) is 1. The molecule has 0 spiro atoms. The normalized spacial score (nSPS) is 10.3. The van der Waals surface area contributed by atoms with Gasteiger partial charge < -0.3 is 15.0 Å². The van der Waals surface area contributed by atoms with Crippen LogP contribution >= 0.6 is 23.1 Å². The van der Waals surface area contributed by atoms with Gasteiger partial charge in [0.1, 0.15) is 10.6 Å². The average Bonchev–Trinajstić information content (AvgIpc) is 2.93. The molecule has 1 N–H and O–H groups in total. The summed E-state index contributed by atoms with van der Waals surface area (Å²) in [6.07, 6.45) is 0. The Hall–Kier alpha value is -2.12. The van der Waals surface area contributed by atoms with Crippen molar-refractivity contribution in [2.24, 2.45) is 0 Å². The number of nitrogens with zero attached hydrogens (tertiary/aromatic N) is 2. The van der Waals surface area contributed by atoms with Gasteiger partial charge in [-0.25, -0.2) is 4.79 Å². The molecular formula is C16H18ClN3O3S. The van der Waals surface area contributed by atoms with Gasteiger partial charge in [-0.1, -0.05) is 23.7 Å². The SMILES string of the molecule is CNc1snc(C)c1C(=O)OCC(=O)N(C)Cc1cccc(Cl)c1. The summed E-state index contributed by atoms with van der Waals surface area (Å²) >= 11 is 7.11. The highest BCUT2D eigenvalue weighted by Gasteiger charge is 2.21. The topological polar surface area (TPSA) is 71.5 Å². The Balaban J connectivity index is 1.92. The van der Waals surface area contributed by atoms with E-state index in [4.69, 9.17) is 16.3 Å². The number of amides is 1. The minimum Gasteiger partial charge on any atom is -0.452 e. The molecule has 24 heavy (non-hydrogen) atoms. The number of esters is 1. The summed E-state index contributed by atoms with van der Waals surface area (Å²) in [6.45, 7) is 1.78. The molecule has 1 aromatic heterocycles. The van der Waals surface area contributed by atoms with Crippen LogP contribution in [0.25, 0.3) is 0 Å². The first kappa shape index (κ1) is 18.2. The molecule has 0 aliphatic heterocycles. The van der Waals surface area contributed by atoms with Gasteiger partial charge in [0.25, 0.3) is 5.91 Å². The molecule has 0 bridgehead atoms. The van der Waals surface area contributed by atoms with Gasteiger partial charge >= 0.3 is 5.97 Å². The highest BCUT2D eigenvalue weighted by atomic mass is 35.5. The molecule has 0 fully saturated rings. The standard InChI is InChI=1S/C16H18ClN3O3S/c1-10-14(15(18-2)24-19-10)16(22)23-9-13(21)20(3)8-11-5-4-6-12(17)7-11/h4-7,18H,8-9H2,1-3H3. The molecule has 0 saturated carbocycles.